The van der Waals surface area contributed by atoms with Crippen molar-refractivity contribution in [2.75, 3.05) is 13.7 Å². The van der Waals surface area contributed by atoms with E-state index in [2.05, 4.69) is 66.3 Å². The van der Waals surface area contributed by atoms with Crippen LogP contribution in [0.3, 0.4) is 0 Å². The van der Waals surface area contributed by atoms with Crippen LogP contribution in [0.5, 0.6) is 0 Å². The zero-order valence-electron chi connectivity index (χ0n) is 11.8. The number of nitrogens with one attached hydrogen (secondary N) is 1. The Morgan fingerprint density at radius 3 is 2.39 bits per heavy atom. The molecule has 1 N–H and O–H groups in total. The summed E-state index contributed by atoms with van der Waals surface area (Å²) in [5.74, 6) is 0. The highest BCUT2D eigenvalue weighted by Crippen LogP contribution is 2.19. The van der Waals surface area contributed by atoms with Gasteiger partial charge in [0.05, 0.1) is 5.60 Å². The number of rotatable bonds is 7. The van der Waals surface area contributed by atoms with Gasteiger partial charge in [0, 0.05) is 17.6 Å². The molecule has 1 atom stereocenters. The normalized spacial score (nSPS) is 13.6. The minimum atomic E-state index is -0.0812. The van der Waals surface area contributed by atoms with Gasteiger partial charge in [0.15, 0.2) is 0 Å². The zero-order valence-corrected chi connectivity index (χ0v) is 13.4. The molecule has 3 heteroatoms. The van der Waals surface area contributed by atoms with Crippen LogP contribution in [0.25, 0.3) is 0 Å². The van der Waals surface area contributed by atoms with Crippen molar-refractivity contribution in [1.82, 2.24) is 5.32 Å². The van der Waals surface area contributed by atoms with E-state index >= 15 is 0 Å². The van der Waals surface area contributed by atoms with E-state index in [4.69, 9.17) is 4.74 Å². The number of benzene rings is 1. The Balaban J connectivity index is 2.65. The molecule has 0 saturated carbocycles. The lowest BCUT2D eigenvalue weighted by Gasteiger charge is -2.29. The van der Waals surface area contributed by atoms with Crippen LogP contribution in [0, 0.1) is 0 Å². The third-order valence-electron chi connectivity index (χ3n) is 3.18. The number of likely N-dealkylation sites (N-methyl/N-ethyl adjacent to an activating group) is 1. The second-order valence-electron chi connectivity index (χ2n) is 5.25. The van der Waals surface area contributed by atoms with Crippen molar-refractivity contribution in [3.63, 3.8) is 0 Å². The molecule has 0 heterocycles. The average molecular weight is 314 g/mol. The van der Waals surface area contributed by atoms with Gasteiger partial charge in [-0.2, -0.15) is 0 Å². The van der Waals surface area contributed by atoms with Gasteiger partial charge in [-0.25, -0.2) is 0 Å². The molecule has 0 amide bonds. The number of ether oxygens (including phenoxy) is 1. The van der Waals surface area contributed by atoms with E-state index in [1.54, 1.807) is 7.11 Å². The van der Waals surface area contributed by atoms with Crippen LogP contribution in [0.2, 0.25) is 0 Å². The molecule has 0 spiro atoms. The molecule has 0 radical (unpaired) electrons. The van der Waals surface area contributed by atoms with E-state index in [-0.39, 0.29) is 5.60 Å². The molecule has 0 aromatic heterocycles. The molecule has 0 aliphatic carbocycles. The third kappa shape index (κ3) is 5.51. The summed E-state index contributed by atoms with van der Waals surface area (Å²) in [6.45, 7) is 7.41. The maximum Gasteiger partial charge on any atom is 0.0637 e. The molecule has 0 aliphatic rings. The van der Waals surface area contributed by atoms with Crippen LogP contribution < -0.4 is 5.32 Å². The smallest absolute Gasteiger partial charge is 0.0637 e. The number of halogens is 1. The maximum atomic E-state index is 5.52. The lowest BCUT2D eigenvalue weighted by Crippen LogP contribution is -2.39. The highest BCUT2D eigenvalue weighted by Gasteiger charge is 2.22. The molecule has 102 valence electrons. The SMILES string of the molecule is CCNC(Cc1ccc(Br)cc1)CC(C)(C)OC. The predicted octanol–water partition coefficient (Wildman–Crippen LogP) is 3.78. The molecular weight excluding hydrogens is 290 g/mol. The second-order valence-corrected chi connectivity index (χ2v) is 6.17. The number of methoxy groups -OCH3 is 1. The lowest BCUT2D eigenvalue weighted by molar-refractivity contribution is 0.00726. The summed E-state index contributed by atoms with van der Waals surface area (Å²) < 4.78 is 6.65. The van der Waals surface area contributed by atoms with E-state index in [0.717, 1.165) is 23.9 Å². The third-order valence-corrected chi connectivity index (χ3v) is 3.71. The first-order valence-corrected chi connectivity index (χ1v) is 7.29. The molecular formula is C15H24BrNO. The Hall–Kier alpha value is -0.380. The monoisotopic (exact) mass is 313 g/mol. The van der Waals surface area contributed by atoms with Crippen molar-refractivity contribution in [2.45, 2.75) is 45.3 Å². The molecule has 18 heavy (non-hydrogen) atoms. The summed E-state index contributed by atoms with van der Waals surface area (Å²) in [6.07, 6.45) is 2.04. The molecule has 1 rings (SSSR count). The first-order chi connectivity index (χ1) is 8.46. The number of hydrogen-bond acceptors (Lipinski definition) is 2. The summed E-state index contributed by atoms with van der Waals surface area (Å²) in [6, 6.07) is 8.99. The molecule has 1 unspecified atom stereocenters. The maximum absolute atomic E-state index is 5.52. The van der Waals surface area contributed by atoms with Crippen molar-refractivity contribution in [3.8, 4) is 0 Å². The van der Waals surface area contributed by atoms with E-state index in [0.29, 0.717) is 6.04 Å². The van der Waals surface area contributed by atoms with Gasteiger partial charge in [-0.05, 0) is 50.9 Å². The van der Waals surface area contributed by atoms with E-state index in [1.807, 2.05) is 0 Å². The molecule has 0 saturated heterocycles. The molecule has 0 bridgehead atoms. The topological polar surface area (TPSA) is 21.3 Å². The molecule has 0 fully saturated rings. The van der Waals surface area contributed by atoms with Crippen molar-refractivity contribution in [1.29, 1.82) is 0 Å². The van der Waals surface area contributed by atoms with Crippen LogP contribution in [0.15, 0.2) is 28.7 Å². The van der Waals surface area contributed by atoms with Gasteiger partial charge in [0.25, 0.3) is 0 Å². The van der Waals surface area contributed by atoms with E-state index < -0.39 is 0 Å². The fourth-order valence-electron chi connectivity index (χ4n) is 2.09. The average Bonchev–Trinajstić information content (AvgIpc) is 2.32. The van der Waals surface area contributed by atoms with E-state index in [9.17, 15) is 0 Å². The van der Waals surface area contributed by atoms with Gasteiger partial charge in [-0.15, -0.1) is 0 Å². The number of hydrogen-bond donors (Lipinski definition) is 1. The Kier molecular flexibility index (Phi) is 6.33. The summed E-state index contributed by atoms with van der Waals surface area (Å²) in [5, 5.41) is 3.54. The first kappa shape index (κ1) is 15.7. The summed E-state index contributed by atoms with van der Waals surface area (Å²) >= 11 is 3.47. The predicted molar refractivity (Wildman–Crippen MR) is 81.0 cm³/mol. The van der Waals surface area contributed by atoms with Gasteiger partial charge >= 0.3 is 0 Å². The van der Waals surface area contributed by atoms with E-state index in [1.165, 1.54) is 5.56 Å². The fourth-order valence-corrected chi connectivity index (χ4v) is 2.35. The van der Waals surface area contributed by atoms with Crippen molar-refractivity contribution >= 4 is 15.9 Å². The van der Waals surface area contributed by atoms with Crippen LogP contribution in [0.4, 0.5) is 0 Å². The van der Waals surface area contributed by atoms with Crippen molar-refractivity contribution in [3.05, 3.63) is 34.3 Å². The standard InChI is InChI=1S/C15H24BrNO/c1-5-17-14(11-15(2,3)18-4)10-12-6-8-13(16)9-7-12/h6-9,14,17H,5,10-11H2,1-4H3. The lowest BCUT2D eigenvalue weighted by atomic mass is 9.94. The minimum Gasteiger partial charge on any atom is -0.379 e. The minimum absolute atomic E-state index is 0.0812. The van der Waals surface area contributed by atoms with Gasteiger partial charge < -0.3 is 10.1 Å². The van der Waals surface area contributed by atoms with Crippen molar-refractivity contribution < 1.29 is 4.74 Å². The van der Waals surface area contributed by atoms with Crippen LogP contribution in [-0.4, -0.2) is 25.3 Å². The van der Waals surface area contributed by atoms with Gasteiger partial charge in [-0.1, -0.05) is 35.0 Å². The quantitative estimate of drug-likeness (QED) is 0.827. The molecule has 2 nitrogen and oxygen atoms in total. The van der Waals surface area contributed by atoms with Gasteiger partial charge in [-0.3, -0.25) is 0 Å². The van der Waals surface area contributed by atoms with Crippen LogP contribution in [-0.2, 0) is 11.2 Å². The summed E-state index contributed by atoms with van der Waals surface area (Å²) in [5.41, 5.74) is 1.28. The Labute approximate surface area is 119 Å². The largest absolute Gasteiger partial charge is 0.379 e. The summed E-state index contributed by atoms with van der Waals surface area (Å²) in [4.78, 5) is 0. The molecule has 1 aromatic rings. The molecule has 1 aromatic carbocycles. The van der Waals surface area contributed by atoms with Crippen molar-refractivity contribution in [2.24, 2.45) is 0 Å². The zero-order chi connectivity index (χ0) is 13.6. The van der Waals surface area contributed by atoms with Gasteiger partial charge in [0.2, 0.25) is 0 Å². The highest BCUT2D eigenvalue weighted by molar-refractivity contribution is 9.10. The highest BCUT2D eigenvalue weighted by atomic mass is 79.9. The Morgan fingerprint density at radius 1 is 1.28 bits per heavy atom. The van der Waals surface area contributed by atoms with Crippen LogP contribution >= 0.6 is 15.9 Å². The summed E-state index contributed by atoms with van der Waals surface area (Å²) in [7, 11) is 1.78. The first-order valence-electron chi connectivity index (χ1n) is 6.50. The fraction of sp³-hybridized carbons (Fsp3) is 0.600. The van der Waals surface area contributed by atoms with Gasteiger partial charge in [0.1, 0.15) is 0 Å². The Morgan fingerprint density at radius 2 is 1.89 bits per heavy atom. The second kappa shape index (κ2) is 7.27. The van der Waals surface area contributed by atoms with Crippen LogP contribution in [0.1, 0.15) is 32.8 Å². The molecule has 0 aliphatic heterocycles. The Bertz CT molecular complexity index is 348.